The molecular weight excluding hydrogens is 460 g/mol. The molecule has 0 unspecified atom stereocenters. The molecule has 4 aliphatic carbocycles. The van der Waals surface area contributed by atoms with Crippen LogP contribution in [-0.4, -0.2) is 29.1 Å². The van der Waals surface area contributed by atoms with E-state index >= 15 is 0 Å². The van der Waals surface area contributed by atoms with Crippen LogP contribution in [0, 0.1) is 52.3 Å². The van der Waals surface area contributed by atoms with Gasteiger partial charge in [0.25, 0.3) is 0 Å². The summed E-state index contributed by atoms with van der Waals surface area (Å²) in [6.07, 6.45) is 12.1. The van der Waals surface area contributed by atoms with Crippen molar-refractivity contribution in [1.29, 1.82) is 0 Å². The highest BCUT2D eigenvalue weighted by atomic mass is 16.5. The highest BCUT2D eigenvalue weighted by molar-refractivity contribution is 5.97. The van der Waals surface area contributed by atoms with Gasteiger partial charge in [0.15, 0.2) is 12.4 Å². The molecule has 1 aromatic rings. The minimum absolute atomic E-state index is 0.235. The van der Waals surface area contributed by atoms with Gasteiger partial charge in [-0.2, -0.15) is 0 Å². The number of carbonyl (C=O) groups excluding carboxylic acids is 2. The molecule has 0 amide bonds. The van der Waals surface area contributed by atoms with Crippen LogP contribution in [0.2, 0.25) is 0 Å². The van der Waals surface area contributed by atoms with Gasteiger partial charge in [-0.15, -0.1) is 0 Å². The average molecular weight is 505 g/mol. The predicted octanol–water partition coefficient (Wildman–Crippen LogP) is 6.58. The molecule has 4 aliphatic rings. The van der Waals surface area contributed by atoms with Crippen LogP contribution in [0.15, 0.2) is 24.3 Å². The molecule has 37 heavy (non-hydrogen) atoms. The van der Waals surface area contributed by atoms with Crippen molar-refractivity contribution in [3.63, 3.8) is 0 Å². The molecule has 4 nitrogen and oxygen atoms in total. The first-order valence-electron chi connectivity index (χ1n) is 14.6. The van der Waals surface area contributed by atoms with Gasteiger partial charge in [0.05, 0.1) is 0 Å². The zero-order chi connectivity index (χ0) is 26.4. The van der Waals surface area contributed by atoms with Crippen molar-refractivity contribution in [1.82, 2.24) is 0 Å². The van der Waals surface area contributed by atoms with Crippen LogP contribution in [0.1, 0.15) is 108 Å². The van der Waals surface area contributed by atoms with Crippen molar-refractivity contribution in [3.05, 3.63) is 35.4 Å². The molecule has 8 atom stereocenters. The maximum atomic E-state index is 12.1. The van der Waals surface area contributed by atoms with E-state index in [1.165, 1.54) is 51.9 Å². The van der Waals surface area contributed by atoms with E-state index in [0.29, 0.717) is 22.3 Å². The van der Waals surface area contributed by atoms with Crippen LogP contribution in [0.3, 0.4) is 0 Å². The quantitative estimate of drug-likeness (QED) is 0.286. The van der Waals surface area contributed by atoms with Crippen molar-refractivity contribution in [2.45, 2.75) is 97.5 Å². The molecule has 5 rings (SSSR count). The van der Waals surface area contributed by atoms with Crippen molar-refractivity contribution in [3.8, 4) is 11.8 Å². The highest BCUT2D eigenvalue weighted by Gasteiger charge is 2.60. The molecule has 0 aromatic heterocycles. The van der Waals surface area contributed by atoms with E-state index in [1.807, 2.05) is 0 Å². The smallest absolute Gasteiger partial charge is 0.303 e. The summed E-state index contributed by atoms with van der Waals surface area (Å²) >= 11 is 0. The molecule has 1 aromatic carbocycles. The summed E-state index contributed by atoms with van der Waals surface area (Å²) in [6, 6.07) is 7.03. The molecule has 1 N–H and O–H groups in total. The van der Waals surface area contributed by atoms with Gasteiger partial charge in [-0.05, 0) is 110 Å². The molecule has 4 heteroatoms. The maximum Gasteiger partial charge on any atom is 0.303 e. The fraction of sp³-hybridized carbons (Fsp3) is 0.697. The largest absolute Gasteiger partial charge is 0.457 e. The van der Waals surface area contributed by atoms with Crippen LogP contribution in [0.4, 0.5) is 0 Å². The SMILES string of the molecule is CC[C@H]1CC[C@H]2[C@@H]3CC[C@@H]4C[C@@](O)(C#Cc5ccc(C(=O)COC(C)=O)cc5)CC[C@]4(C)[C@H]3CC[C@]12C. The number of ether oxygens (including phenoxy) is 1. The van der Waals surface area contributed by atoms with Crippen LogP contribution in [0.5, 0.6) is 0 Å². The van der Waals surface area contributed by atoms with E-state index in [4.69, 9.17) is 4.74 Å². The zero-order valence-corrected chi connectivity index (χ0v) is 23.1. The van der Waals surface area contributed by atoms with Crippen LogP contribution in [-0.2, 0) is 9.53 Å². The Hall–Kier alpha value is -2.12. The Labute approximate surface area is 222 Å². The molecule has 0 saturated heterocycles. The number of ketones is 1. The highest BCUT2D eigenvalue weighted by Crippen LogP contribution is 2.68. The van der Waals surface area contributed by atoms with Gasteiger partial charge in [-0.3, -0.25) is 9.59 Å². The van der Waals surface area contributed by atoms with Gasteiger partial charge in [-0.25, -0.2) is 0 Å². The lowest BCUT2D eigenvalue weighted by Gasteiger charge is -2.61. The van der Waals surface area contributed by atoms with Crippen LogP contribution in [0.25, 0.3) is 0 Å². The Balaban J connectivity index is 1.25. The molecular formula is C33H44O4. The van der Waals surface area contributed by atoms with Crippen LogP contribution >= 0.6 is 0 Å². The standard InChI is InChI=1S/C33H44O4/c1-5-25-11-13-28-27-12-10-26-20-33(36,19-18-32(26,4)29(27)15-16-31(25,28)3)17-14-23-6-8-24(9-7-23)30(35)21-37-22(2)34/h6-9,25-29,36H,5,10-13,15-16,18-21H2,1-4H3/t25-,26+,27-,28-,29-,31+,32-,33+/m0/s1. The van der Waals surface area contributed by atoms with Crippen molar-refractivity contribution >= 4 is 11.8 Å². The van der Waals surface area contributed by atoms with Crippen LogP contribution < -0.4 is 0 Å². The fourth-order valence-electron chi connectivity index (χ4n) is 9.32. The van der Waals surface area contributed by atoms with E-state index in [0.717, 1.165) is 48.5 Å². The third-order valence-electron chi connectivity index (χ3n) is 11.5. The lowest BCUT2D eigenvalue weighted by Crippen LogP contribution is -2.55. The number of hydrogen-bond acceptors (Lipinski definition) is 4. The number of hydrogen-bond donors (Lipinski definition) is 1. The molecule has 0 spiro atoms. The molecule has 0 aliphatic heterocycles. The van der Waals surface area contributed by atoms with Gasteiger partial charge in [-0.1, -0.05) is 51.2 Å². The van der Waals surface area contributed by atoms with Crippen molar-refractivity contribution in [2.75, 3.05) is 6.61 Å². The van der Waals surface area contributed by atoms with E-state index in [2.05, 4.69) is 32.6 Å². The van der Waals surface area contributed by atoms with Gasteiger partial charge in [0.1, 0.15) is 5.60 Å². The summed E-state index contributed by atoms with van der Waals surface area (Å²) in [6.45, 7) is 8.59. The summed E-state index contributed by atoms with van der Waals surface area (Å²) in [7, 11) is 0. The number of Topliss-reactive ketones (excluding diaryl/α,β-unsaturated/α-hetero) is 1. The molecule has 0 bridgehead atoms. The minimum Gasteiger partial charge on any atom is -0.457 e. The Morgan fingerprint density at radius 3 is 2.41 bits per heavy atom. The Morgan fingerprint density at radius 2 is 1.70 bits per heavy atom. The minimum atomic E-state index is -0.940. The van der Waals surface area contributed by atoms with E-state index < -0.39 is 11.6 Å². The second-order valence-corrected chi connectivity index (χ2v) is 13.2. The maximum absolute atomic E-state index is 12.1. The second kappa shape index (κ2) is 9.88. The Morgan fingerprint density at radius 1 is 0.973 bits per heavy atom. The van der Waals surface area contributed by atoms with E-state index in [-0.39, 0.29) is 12.4 Å². The first-order chi connectivity index (χ1) is 17.6. The number of benzene rings is 1. The molecule has 0 heterocycles. The topological polar surface area (TPSA) is 63.6 Å². The normalized spacial score (nSPS) is 40.4. The Kier molecular flexibility index (Phi) is 7.07. The Bertz CT molecular complexity index is 1100. The third kappa shape index (κ3) is 4.78. The third-order valence-corrected chi connectivity index (χ3v) is 11.5. The average Bonchev–Trinajstić information content (AvgIpc) is 3.23. The molecule has 0 radical (unpaired) electrons. The summed E-state index contributed by atoms with van der Waals surface area (Å²) in [5, 5.41) is 11.5. The van der Waals surface area contributed by atoms with E-state index in [9.17, 15) is 14.7 Å². The molecule has 4 fully saturated rings. The summed E-state index contributed by atoms with van der Waals surface area (Å²) < 4.78 is 4.80. The number of carbonyl (C=O) groups is 2. The van der Waals surface area contributed by atoms with Crippen molar-refractivity contribution < 1.29 is 19.4 Å². The predicted molar refractivity (Wildman–Crippen MR) is 145 cm³/mol. The fourth-order valence-corrected chi connectivity index (χ4v) is 9.32. The summed E-state index contributed by atoms with van der Waals surface area (Å²) in [4.78, 5) is 23.1. The number of esters is 1. The lowest BCUT2D eigenvalue weighted by atomic mass is 9.44. The summed E-state index contributed by atoms with van der Waals surface area (Å²) in [5.41, 5.74) is 1.22. The first kappa shape index (κ1) is 26.5. The lowest BCUT2D eigenvalue weighted by molar-refractivity contribution is -0.139. The molecule has 4 saturated carbocycles. The number of aliphatic hydroxyl groups is 1. The van der Waals surface area contributed by atoms with Gasteiger partial charge in [0, 0.05) is 18.1 Å². The number of rotatable bonds is 4. The molecule has 200 valence electrons. The van der Waals surface area contributed by atoms with Gasteiger partial charge in [0.2, 0.25) is 0 Å². The van der Waals surface area contributed by atoms with Gasteiger partial charge >= 0.3 is 5.97 Å². The second-order valence-electron chi connectivity index (χ2n) is 13.2. The first-order valence-corrected chi connectivity index (χ1v) is 14.6. The van der Waals surface area contributed by atoms with Gasteiger partial charge < -0.3 is 9.84 Å². The number of fused-ring (bicyclic) bond motifs is 5. The monoisotopic (exact) mass is 504 g/mol. The van der Waals surface area contributed by atoms with E-state index in [1.54, 1.807) is 24.3 Å². The summed E-state index contributed by atoms with van der Waals surface area (Å²) in [5.74, 6) is 9.74. The zero-order valence-electron chi connectivity index (χ0n) is 23.1. The van der Waals surface area contributed by atoms with Crippen molar-refractivity contribution in [2.24, 2.45) is 40.4 Å².